The molecule has 1 aromatic heterocycles. The normalized spacial score (nSPS) is 12.3. The average molecular weight is 399 g/mol. The van der Waals surface area contributed by atoms with Crippen LogP contribution in [0.1, 0.15) is 16.7 Å². The van der Waals surface area contributed by atoms with E-state index in [4.69, 9.17) is 0 Å². The lowest BCUT2D eigenvalue weighted by Gasteiger charge is -2.12. The van der Waals surface area contributed by atoms with Crippen molar-refractivity contribution in [1.82, 2.24) is 15.6 Å². The molecule has 1 heterocycles. The van der Waals surface area contributed by atoms with Crippen molar-refractivity contribution >= 4 is 26.7 Å². The summed E-state index contributed by atoms with van der Waals surface area (Å²) in [5.41, 5.74) is 4.30. The first-order valence-electron chi connectivity index (χ1n) is 9.19. The SMILES string of the molecule is CN=C(NCCc1c[nH]c2ccccc12)NCc1ccc(CS(C)(=O)=O)cc1. The molecule has 0 spiro atoms. The summed E-state index contributed by atoms with van der Waals surface area (Å²) < 4.78 is 22.7. The van der Waals surface area contributed by atoms with Crippen LogP contribution in [0.3, 0.4) is 0 Å². The van der Waals surface area contributed by atoms with Crippen molar-refractivity contribution in [2.45, 2.75) is 18.7 Å². The smallest absolute Gasteiger partial charge is 0.191 e. The molecule has 0 radical (unpaired) electrons. The van der Waals surface area contributed by atoms with E-state index in [0.29, 0.717) is 6.54 Å². The topological polar surface area (TPSA) is 86.3 Å². The van der Waals surface area contributed by atoms with Gasteiger partial charge in [0.15, 0.2) is 15.8 Å². The van der Waals surface area contributed by atoms with Gasteiger partial charge < -0.3 is 15.6 Å². The molecule has 0 saturated heterocycles. The highest BCUT2D eigenvalue weighted by Crippen LogP contribution is 2.17. The van der Waals surface area contributed by atoms with Gasteiger partial charge in [0.2, 0.25) is 0 Å². The zero-order chi connectivity index (χ0) is 20.0. The van der Waals surface area contributed by atoms with Crippen molar-refractivity contribution in [3.8, 4) is 0 Å². The Bertz CT molecular complexity index is 1050. The Morgan fingerprint density at radius 1 is 1.04 bits per heavy atom. The number of rotatable bonds is 7. The lowest BCUT2D eigenvalue weighted by Crippen LogP contribution is -2.37. The third kappa shape index (κ3) is 5.60. The minimum absolute atomic E-state index is 0.0672. The Labute approximate surface area is 166 Å². The maximum Gasteiger partial charge on any atom is 0.191 e. The maximum atomic E-state index is 11.4. The molecule has 0 fully saturated rings. The summed E-state index contributed by atoms with van der Waals surface area (Å²) in [6, 6.07) is 15.9. The summed E-state index contributed by atoms with van der Waals surface area (Å²) >= 11 is 0. The van der Waals surface area contributed by atoms with E-state index in [1.807, 2.05) is 30.3 Å². The molecule has 0 aliphatic rings. The fourth-order valence-corrected chi connectivity index (χ4v) is 3.91. The number of aromatic nitrogens is 1. The van der Waals surface area contributed by atoms with Crippen molar-refractivity contribution in [1.29, 1.82) is 0 Å². The quantitative estimate of drug-likeness (QED) is 0.422. The van der Waals surface area contributed by atoms with E-state index in [0.717, 1.165) is 35.6 Å². The number of aromatic amines is 1. The van der Waals surface area contributed by atoms with Crippen LogP contribution >= 0.6 is 0 Å². The molecule has 0 saturated carbocycles. The summed E-state index contributed by atoms with van der Waals surface area (Å²) in [7, 11) is -1.26. The molecule has 148 valence electrons. The zero-order valence-electron chi connectivity index (χ0n) is 16.2. The van der Waals surface area contributed by atoms with E-state index in [1.165, 1.54) is 17.2 Å². The first-order valence-corrected chi connectivity index (χ1v) is 11.3. The number of aliphatic imine (C=N–C) groups is 1. The molecule has 3 aromatic rings. The van der Waals surface area contributed by atoms with Gasteiger partial charge in [0, 0.05) is 43.5 Å². The summed E-state index contributed by atoms with van der Waals surface area (Å²) in [5.74, 6) is 0.803. The molecule has 3 rings (SSSR count). The van der Waals surface area contributed by atoms with E-state index in [1.54, 1.807) is 7.05 Å². The van der Waals surface area contributed by atoms with Gasteiger partial charge in [-0.1, -0.05) is 42.5 Å². The van der Waals surface area contributed by atoms with Crippen LogP contribution in [0, 0.1) is 0 Å². The van der Waals surface area contributed by atoms with E-state index in [-0.39, 0.29) is 5.75 Å². The predicted molar refractivity (Wildman–Crippen MR) is 115 cm³/mol. The standard InChI is InChI=1S/C21H26N4O2S/c1-22-21(23-12-11-18-14-24-20-6-4-3-5-19(18)20)25-13-16-7-9-17(10-8-16)15-28(2,26)27/h3-10,14,24H,11-13,15H2,1-2H3,(H2,22,23,25). The second-order valence-electron chi connectivity index (χ2n) is 6.85. The molecule has 0 aliphatic carbocycles. The molecular weight excluding hydrogens is 372 g/mol. The number of fused-ring (bicyclic) bond motifs is 1. The Hall–Kier alpha value is -2.80. The van der Waals surface area contributed by atoms with Crippen LogP contribution in [-0.2, 0) is 28.6 Å². The van der Waals surface area contributed by atoms with Gasteiger partial charge in [0.05, 0.1) is 5.75 Å². The van der Waals surface area contributed by atoms with E-state index < -0.39 is 9.84 Å². The minimum Gasteiger partial charge on any atom is -0.361 e. The molecule has 0 aliphatic heterocycles. The first kappa shape index (κ1) is 19.9. The number of H-pyrrole nitrogens is 1. The van der Waals surface area contributed by atoms with E-state index in [2.05, 4.69) is 45.0 Å². The van der Waals surface area contributed by atoms with Crippen molar-refractivity contribution in [3.63, 3.8) is 0 Å². The monoisotopic (exact) mass is 398 g/mol. The Morgan fingerprint density at radius 2 is 1.75 bits per heavy atom. The van der Waals surface area contributed by atoms with Gasteiger partial charge in [0.25, 0.3) is 0 Å². The van der Waals surface area contributed by atoms with Gasteiger partial charge in [-0.05, 0) is 29.2 Å². The fraction of sp³-hybridized carbons (Fsp3) is 0.286. The van der Waals surface area contributed by atoms with E-state index >= 15 is 0 Å². The molecule has 0 bridgehead atoms. The summed E-state index contributed by atoms with van der Waals surface area (Å²) in [6.45, 7) is 1.39. The number of para-hydroxylation sites is 1. The third-order valence-electron chi connectivity index (χ3n) is 4.50. The molecule has 7 heteroatoms. The van der Waals surface area contributed by atoms with Crippen molar-refractivity contribution in [2.24, 2.45) is 4.99 Å². The van der Waals surface area contributed by atoms with Crippen LogP contribution in [0.15, 0.2) is 59.7 Å². The molecule has 0 atom stereocenters. The second kappa shape index (κ2) is 8.93. The number of nitrogens with one attached hydrogen (secondary N) is 3. The van der Waals surface area contributed by atoms with Crippen LogP contribution in [0.4, 0.5) is 0 Å². The van der Waals surface area contributed by atoms with Crippen LogP contribution in [0.25, 0.3) is 10.9 Å². The zero-order valence-corrected chi connectivity index (χ0v) is 17.0. The first-order chi connectivity index (χ1) is 13.4. The predicted octanol–water partition coefficient (Wildman–Crippen LogP) is 2.62. The summed E-state index contributed by atoms with van der Waals surface area (Å²) in [5, 5.41) is 7.87. The van der Waals surface area contributed by atoms with Gasteiger partial charge in [-0.2, -0.15) is 0 Å². The van der Waals surface area contributed by atoms with Crippen molar-refractivity contribution in [3.05, 3.63) is 71.4 Å². The summed E-state index contributed by atoms with van der Waals surface area (Å²) in [4.78, 5) is 7.55. The maximum absolute atomic E-state index is 11.4. The highest BCUT2D eigenvalue weighted by atomic mass is 32.2. The van der Waals surface area contributed by atoms with Gasteiger partial charge in [-0.15, -0.1) is 0 Å². The largest absolute Gasteiger partial charge is 0.361 e. The van der Waals surface area contributed by atoms with Crippen LogP contribution < -0.4 is 10.6 Å². The van der Waals surface area contributed by atoms with Gasteiger partial charge in [-0.3, -0.25) is 4.99 Å². The molecule has 3 N–H and O–H groups in total. The number of sulfone groups is 1. The third-order valence-corrected chi connectivity index (χ3v) is 5.35. The second-order valence-corrected chi connectivity index (χ2v) is 8.99. The lowest BCUT2D eigenvalue weighted by molar-refractivity contribution is 0.601. The average Bonchev–Trinajstić information content (AvgIpc) is 3.08. The minimum atomic E-state index is -3.01. The Kier molecular flexibility index (Phi) is 6.36. The molecule has 6 nitrogen and oxygen atoms in total. The van der Waals surface area contributed by atoms with Crippen LogP contribution in [0.5, 0.6) is 0 Å². The number of guanidine groups is 1. The highest BCUT2D eigenvalue weighted by Gasteiger charge is 2.05. The van der Waals surface area contributed by atoms with E-state index in [9.17, 15) is 8.42 Å². The molecule has 28 heavy (non-hydrogen) atoms. The number of hydrogen-bond donors (Lipinski definition) is 3. The molecule has 0 amide bonds. The van der Waals surface area contributed by atoms with Crippen molar-refractivity contribution < 1.29 is 8.42 Å². The fourth-order valence-electron chi connectivity index (χ4n) is 3.12. The van der Waals surface area contributed by atoms with Gasteiger partial charge in [0.1, 0.15) is 0 Å². The molecule has 0 unspecified atom stereocenters. The Morgan fingerprint density at radius 3 is 2.46 bits per heavy atom. The number of benzene rings is 2. The van der Waals surface area contributed by atoms with Gasteiger partial charge >= 0.3 is 0 Å². The number of nitrogens with zero attached hydrogens (tertiary/aromatic N) is 1. The number of hydrogen-bond acceptors (Lipinski definition) is 3. The van der Waals surface area contributed by atoms with Crippen molar-refractivity contribution in [2.75, 3.05) is 19.8 Å². The van der Waals surface area contributed by atoms with Gasteiger partial charge in [-0.25, -0.2) is 8.42 Å². The highest BCUT2D eigenvalue weighted by molar-refractivity contribution is 7.89. The molecular formula is C21H26N4O2S. The van der Waals surface area contributed by atoms with Crippen LogP contribution in [0.2, 0.25) is 0 Å². The summed E-state index contributed by atoms with van der Waals surface area (Å²) in [6.07, 6.45) is 4.19. The lowest BCUT2D eigenvalue weighted by atomic mass is 10.1. The van der Waals surface area contributed by atoms with Crippen LogP contribution in [-0.4, -0.2) is 39.2 Å². The molecule has 2 aromatic carbocycles. The Balaban J connectivity index is 1.48.